The van der Waals surface area contributed by atoms with Crippen LogP contribution in [0.3, 0.4) is 0 Å². The Labute approximate surface area is 125 Å². The standard InChI is InChI=1S/C16H23N3O2/c1-11(2)15-14(8-9-17)16(21-4)19(18-15)12-6-5-7-13(10-12)20-3/h5-7,10-11H,8-9,17H2,1-4H3. The van der Waals surface area contributed by atoms with Crippen molar-refractivity contribution in [2.45, 2.75) is 26.2 Å². The van der Waals surface area contributed by atoms with Crippen LogP contribution < -0.4 is 15.2 Å². The van der Waals surface area contributed by atoms with E-state index in [0.29, 0.717) is 12.5 Å². The van der Waals surface area contributed by atoms with Crippen LogP contribution in [0, 0.1) is 0 Å². The fourth-order valence-electron chi connectivity index (χ4n) is 2.42. The van der Waals surface area contributed by atoms with Crippen molar-refractivity contribution < 1.29 is 9.47 Å². The molecule has 5 nitrogen and oxygen atoms in total. The van der Waals surface area contributed by atoms with Crippen molar-refractivity contribution in [3.8, 4) is 17.3 Å². The molecule has 0 aliphatic rings. The molecule has 0 amide bonds. The van der Waals surface area contributed by atoms with Crippen LogP contribution >= 0.6 is 0 Å². The highest BCUT2D eigenvalue weighted by atomic mass is 16.5. The van der Waals surface area contributed by atoms with Crippen LogP contribution in [0.2, 0.25) is 0 Å². The Kier molecular flexibility index (Phi) is 4.85. The minimum atomic E-state index is 0.312. The average Bonchev–Trinajstić information content (AvgIpc) is 2.86. The predicted molar refractivity (Wildman–Crippen MR) is 83.5 cm³/mol. The average molecular weight is 289 g/mol. The lowest BCUT2D eigenvalue weighted by Crippen LogP contribution is -2.06. The van der Waals surface area contributed by atoms with Crippen molar-refractivity contribution in [3.05, 3.63) is 35.5 Å². The number of aromatic nitrogens is 2. The second-order valence-electron chi connectivity index (χ2n) is 5.18. The van der Waals surface area contributed by atoms with Crippen molar-refractivity contribution >= 4 is 0 Å². The summed E-state index contributed by atoms with van der Waals surface area (Å²) in [6, 6.07) is 7.76. The molecule has 0 unspecified atom stereocenters. The van der Waals surface area contributed by atoms with Gasteiger partial charge in [-0.05, 0) is 31.0 Å². The second-order valence-corrected chi connectivity index (χ2v) is 5.18. The number of nitrogens with two attached hydrogens (primary N) is 1. The maximum Gasteiger partial charge on any atom is 0.219 e. The molecule has 114 valence electrons. The van der Waals surface area contributed by atoms with Crippen LogP contribution in [0.1, 0.15) is 31.0 Å². The van der Waals surface area contributed by atoms with Crippen LogP contribution in [-0.4, -0.2) is 30.5 Å². The fourth-order valence-corrected chi connectivity index (χ4v) is 2.42. The summed E-state index contributed by atoms with van der Waals surface area (Å²) in [4.78, 5) is 0. The van der Waals surface area contributed by atoms with Gasteiger partial charge in [0.05, 0.1) is 25.6 Å². The zero-order chi connectivity index (χ0) is 15.4. The van der Waals surface area contributed by atoms with Gasteiger partial charge in [-0.1, -0.05) is 19.9 Å². The van der Waals surface area contributed by atoms with Gasteiger partial charge in [0.2, 0.25) is 5.88 Å². The first-order chi connectivity index (χ1) is 10.1. The van der Waals surface area contributed by atoms with E-state index in [2.05, 4.69) is 13.8 Å². The first kappa shape index (κ1) is 15.4. The van der Waals surface area contributed by atoms with Gasteiger partial charge in [-0.3, -0.25) is 0 Å². The topological polar surface area (TPSA) is 62.3 Å². The van der Waals surface area contributed by atoms with Gasteiger partial charge in [0.1, 0.15) is 5.75 Å². The molecule has 1 aromatic heterocycles. The lowest BCUT2D eigenvalue weighted by molar-refractivity contribution is 0.378. The second kappa shape index (κ2) is 6.63. The van der Waals surface area contributed by atoms with Crippen molar-refractivity contribution in [2.24, 2.45) is 5.73 Å². The highest BCUT2D eigenvalue weighted by Crippen LogP contribution is 2.31. The Hall–Kier alpha value is -2.01. The number of methoxy groups -OCH3 is 2. The van der Waals surface area contributed by atoms with Gasteiger partial charge in [0.15, 0.2) is 0 Å². The summed E-state index contributed by atoms with van der Waals surface area (Å²) in [5.74, 6) is 1.85. The van der Waals surface area contributed by atoms with Crippen molar-refractivity contribution in [2.75, 3.05) is 20.8 Å². The molecule has 0 spiro atoms. The maximum atomic E-state index is 5.73. The number of ether oxygens (including phenoxy) is 2. The highest BCUT2D eigenvalue weighted by Gasteiger charge is 2.21. The molecule has 2 N–H and O–H groups in total. The van der Waals surface area contributed by atoms with E-state index in [4.69, 9.17) is 20.3 Å². The number of rotatable bonds is 6. The van der Waals surface area contributed by atoms with E-state index in [9.17, 15) is 0 Å². The predicted octanol–water partition coefficient (Wildman–Crippen LogP) is 2.51. The first-order valence-electron chi connectivity index (χ1n) is 7.12. The summed E-state index contributed by atoms with van der Waals surface area (Å²) in [7, 11) is 3.32. The molecular weight excluding hydrogens is 266 g/mol. The Morgan fingerprint density at radius 3 is 2.57 bits per heavy atom. The molecule has 2 rings (SSSR count). The third-order valence-corrected chi connectivity index (χ3v) is 3.40. The molecule has 1 heterocycles. The molecular formula is C16H23N3O2. The SMILES string of the molecule is COc1cccc(-n2nc(C(C)C)c(CCN)c2OC)c1. The van der Waals surface area contributed by atoms with Gasteiger partial charge < -0.3 is 15.2 Å². The van der Waals surface area contributed by atoms with E-state index in [1.165, 1.54) is 0 Å². The molecule has 21 heavy (non-hydrogen) atoms. The lowest BCUT2D eigenvalue weighted by Gasteiger charge is -2.09. The molecule has 2 aromatic rings. The van der Waals surface area contributed by atoms with Gasteiger partial charge in [-0.15, -0.1) is 0 Å². The van der Waals surface area contributed by atoms with Crippen molar-refractivity contribution in [1.29, 1.82) is 0 Å². The number of hydrogen-bond acceptors (Lipinski definition) is 4. The van der Waals surface area contributed by atoms with E-state index in [-0.39, 0.29) is 0 Å². The van der Waals surface area contributed by atoms with E-state index < -0.39 is 0 Å². The zero-order valence-electron chi connectivity index (χ0n) is 13.1. The number of benzene rings is 1. The van der Waals surface area contributed by atoms with Crippen LogP contribution in [0.15, 0.2) is 24.3 Å². The first-order valence-corrected chi connectivity index (χ1v) is 7.12. The fraction of sp³-hybridized carbons (Fsp3) is 0.438. The summed E-state index contributed by atoms with van der Waals surface area (Å²) >= 11 is 0. The van der Waals surface area contributed by atoms with Crippen molar-refractivity contribution in [1.82, 2.24) is 9.78 Å². The quantitative estimate of drug-likeness (QED) is 0.887. The molecule has 0 radical (unpaired) electrons. The van der Waals surface area contributed by atoms with Gasteiger partial charge in [-0.25, -0.2) is 4.68 Å². The van der Waals surface area contributed by atoms with Crippen LogP contribution in [0.4, 0.5) is 0 Å². The monoisotopic (exact) mass is 289 g/mol. The summed E-state index contributed by atoms with van der Waals surface area (Å²) < 4.78 is 12.7. The summed E-state index contributed by atoms with van der Waals surface area (Å²) in [5, 5.41) is 4.73. The van der Waals surface area contributed by atoms with Crippen LogP contribution in [0.25, 0.3) is 5.69 Å². The molecule has 0 bridgehead atoms. The Bertz CT molecular complexity index is 606. The molecule has 0 atom stereocenters. The molecule has 5 heteroatoms. The highest BCUT2D eigenvalue weighted by molar-refractivity contribution is 5.45. The summed E-state index contributed by atoms with van der Waals surface area (Å²) in [5.41, 5.74) is 8.76. The Morgan fingerprint density at radius 2 is 2.00 bits per heavy atom. The third kappa shape index (κ3) is 3.03. The van der Waals surface area contributed by atoms with Gasteiger partial charge >= 0.3 is 0 Å². The Balaban J connectivity index is 2.59. The molecule has 1 aromatic carbocycles. The normalized spacial score (nSPS) is 11.0. The van der Waals surface area contributed by atoms with Crippen LogP contribution in [0.5, 0.6) is 11.6 Å². The van der Waals surface area contributed by atoms with Gasteiger partial charge in [0, 0.05) is 11.6 Å². The lowest BCUT2D eigenvalue weighted by atomic mass is 10.0. The smallest absolute Gasteiger partial charge is 0.219 e. The number of nitrogens with zero attached hydrogens (tertiary/aromatic N) is 2. The molecule has 0 saturated carbocycles. The largest absolute Gasteiger partial charge is 0.497 e. The minimum Gasteiger partial charge on any atom is -0.497 e. The number of hydrogen-bond donors (Lipinski definition) is 1. The van der Waals surface area contributed by atoms with E-state index in [0.717, 1.165) is 35.0 Å². The minimum absolute atomic E-state index is 0.312. The molecule has 0 fully saturated rings. The maximum absolute atomic E-state index is 5.73. The van der Waals surface area contributed by atoms with Crippen molar-refractivity contribution in [3.63, 3.8) is 0 Å². The zero-order valence-corrected chi connectivity index (χ0v) is 13.1. The van der Waals surface area contributed by atoms with E-state index in [1.54, 1.807) is 14.2 Å². The third-order valence-electron chi connectivity index (χ3n) is 3.40. The van der Waals surface area contributed by atoms with E-state index >= 15 is 0 Å². The molecule has 0 saturated heterocycles. The summed E-state index contributed by atoms with van der Waals surface area (Å²) in [6.45, 7) is 4.81. The van der Waals surface area contributed by atoms with Crippen LogP contribution in [-0.2, 0) is 6.42 Å². The van der Waals surface area contributed by atoms with E-state index in [1.807, 2.05) is 28.9 Å². The Morgan fingerprint density at radius 1 is 1.24 bits per heavy atom. The molecule has 0 aliphatic carbocycles. The molecule has 0 aliphatic heterocycles. The summed E-state index contributed by atoms with van der Waals surface area (Å²) in [6.07, 6.45) is 0.751. The van der Waals surface area contributed by atoms with Gasteiger partial charge in [0.25, 0.3) is 0 Å². The van der Waals surface area contributed by atoms with Gasteiger partial charge in [-0.2, -0.15) is 5.10 Å².